The number of amides is 3. The van der Waals surface area contributed by atoms with Gasteiger partial charge in [0, 0.05) is 17.6 Å². The van der Waals surface area contributed by atoms with Crippen LogP contribution in [0.4, 0.5) is 11.5 Å². The molecule has 0 radical (unpaired) electrons. The zero-order chi connectivity index (χ0) is 21.7. The predicted octanol–water partition coefficient (Wildman–Crippen LogP) is 3.71. The van der Waals surface area contributed by atoms with Crippen LogP contribution in [0.15, 0.2) is 63.6 Å². The van der Waals surface area contributed by atoms with E-state index in [-0.39, 0.29) is 23.8 Å². The molecule has 8 nitrogen and oxygen atoms in total. The van der Waals surface area contributed by atoms with E-state index in [9.17, 15) is 14.4 Å². The number of nitrogens with zero attached hydrogens (tertiary/aromatic N) is 2. The average molecular weight is 471 g/mol. The summed E-state index contributed by atoms with van der Waals surface area (Å²) in [6.45, 7) is 1.51. The molecule has 3 rings (SSSR count). The molecule has 3 amide bonds. The van der Waals surface area contributed by atoms with Gasteiger partial charge in [-0.3, -0.25) is 14.4 Å². The lowest BCUT2D eigenvalue weighted by Gasteiger charge is -2.18. The molecule has 154 valence electrons. The summed E-state index contributed by atoms with van der Waals surface area (Å²) in [5, 5.41) is 9.01. The van der Waals surface area contributed by atoms with E-state index in [1.165, 1.54) is 11.9 Å². The van der Waals surface area contributed by atoms with E-state index in [2.05, 4.69) is 31.7 Å². The summed E-state index contributed by atoms with van der Waals surface area (Å²) in [7, 11) is 1.50. The Bertz CT molecular complexity index is 1100. The maximum absolute atomic E-state index is 12.9. The molecule has 0 aliphatic heterocycles. The molecule has 0 spiro atoms. The number of benzene rings is 2. The largest absolute Gasteiger partial charge is 0.360 e. The SMILES string of the molecule is Cc1cc(NC(=O)CN(C)C(=O)c2ccccc2NC(=O)c2ccccc2Br)no1. The minimum atomic E-state index is -0.422. The molecule has 0 atom stereocenters. The highest BCUT2D eigenvalue weighted by Gasteiger charge is 2.20. The van der Waals surface area contributed by atoms with Crippen molar-refractivity contribution in [2.75, 3.05) is 24.2 Å². The monoisotopic (exact) mass is 470 g/mol. The van der Waals surface area contributed by atoms with Crippen molar-refractivity contribution in [3.05, 3.63) is 76.0 Å². The Labute approximate surface area is 181 Å². The van der Waals surface area contributed by atoms with E-state index < -0.39 is 11.8 Å². The number of carbonyl (C=O) groups is 3. The van der Waals surface area contributed by atoms with E-state index in [4.69, 9.17) is 4.52 Å². The fourth-order valence-electron chi connectivity index (χ4n) is 2.71. The van der Waals surface area contributed by atoms with Gasteiger partial charge < -0.3 is 20.1 Å². The van der Waals surface area contributed by atoms with E-state index in [0.29, 0.717) is 21.5 Å². The molecule has 0 saturated carbocycles. The fraction of sp³-hybridized carbons (Fsp3) is 0.143. The highest BCUT2D eigenvalue weighted by atomic mass is 79.9. The number of hydrogen-bond acceptors (Lipinski definition) is 5. The first-order valence-corrected chi connectivity index (χ1v) is 9.78. The summed E-state index contributed by atoms with van der Waals surface area (Å²) >= 11 is 3.34. The number of likely N-dealkylation sites (N-methyl/N-ethyl adjacent to an activating group) is 1. The molecular formula is C21H19BrN4O4. The number of nitrogens with one attached hydrogen (secondary N) is 2. The van der Waals surface area contributed by atoms with Crippen molar-refractivity contribution in [1.29, 1.82) is 0 Å². The normalized spacial score (nSPS) is 10.4. The van der Waals surface area contributed by atoms with Crippen LogP contribution in [0.5, 0.6) is 0 Å². The third-order valence-electron chi connectivity index (χ3n) is 4.15. The standard InChI is InChI=1S/C21H19BrN4O4/c1-13-11-18(25-30-13)24-19(27)12-26(2)21(29)15-8-4-6-10-17(15)23-20(28)14-7-3-5-9-16(14)22/h3-11H,12H2,1-2H3,(H,23,28)(H,24,25,27). The lowest BCUT2D eigenvalue weighted by molar-refractivity contribution is -0.116. The van der Waals surface area contributed by atoms with E-state index in [1.807, 2.05) is 0 Å². The van der Waals surface area contributed by atoms with Gasteiger partial charge >= 0.3 is 0 Å². The van der Waals surface area contributed by atoms with Crippen LogP contribution in [0, 0.1) is 6.92 Å². The third kappa shape index (κ3) is 5.12. The van der Waals surface area contributed by atoms with Crippen LogP contribution in [0.2, 0.25) is 0 Å². The van der Waals surface area contributed by atoms with Crippen LogP contribution in [0.1, 0.15) is 26.5 Å². The Morgan fingerprint density at radius 2 is 1.70 bits per heavy atom. The molecule has 2 N–H and O–H groups in total. The number of carbonyl (C=O) groups excluding carboxylic acids is 3. The van der Waals surface area contributed by atoms with Gasteiger partial charge in [-0.05, 0) is 47.1 Å². The van der Waals surface area contributed by atoms with Gasteiger partial charge in [0.15, 0.2) is 5.82 Å². The van der Waals surface area contributed by atoms with Crippen LogP contribution in [0.3, 0.4) is 0 Å². The second-order valence-corrected chi connectivity index (χ2v) is 7.37. The summed E-state index contributed by atoms with van der Waals surface area (Å²) in [6, 6.07) is 15.2. The Morgan fingerprint density at radius 1 is 1.03 bits per heavy atom. The second-order valence-electron chi connectivity index (χ2n) is 6.51. The molecule has 2 aromatic carbocycles. The van der Waals surface area contributed by atoms with E-state index in [1.54, 1.807) is 61.5 Å². The highest BCUT2D eigenvalue weighted by molar-refractivity contribution is 9.10. The fourth-order valence-corrected chi connectivity index (χ4v) is 3.18. The van der Waals surface area contributed by atoms with Crippen LogP contribution >= 0.6 is 15.9 Å². The van der Waals surface area contributed by atoms with Gasteiger partial charge in [-0.2, -0.15) is 0 Å². The van der Waals surface area contributed by atoms with Crippen LogP contribution in [-0.2, 0) is 4.79 Å². The lowest BCUT2D eigenvalue weighted by atomic mass is 10.1. The second kappa shape index (κ2) is 9.36. The molecule has 0 fully saturated rings. The van der Waals surface area contributed by atoms with E-state index in [0.717, 1.165) is 0 Å². The molecule has 3 aromatic rings. The molecule has 1 heterocycles. The van der Waals surface area contributed by atoms with Gasteiger partial charge in [0.2, 0.25) is 5.91 Å². The minimum absolute atomic E-state index is 0.197. The minimum Gasteiger partial charge on any atom is -0.360 e. The maximum Gasteiger partial charge on any atom is 0.256 e. The number of para-hydroxylation sites is 1. The smallest absolute Gasteiger partial charge is 0.256 e. The number of aromatic nitrogens is 1. The topological polar surface area (TPSA) is 105 Å². The molecule has 30 heavy (non-hydrogen) atoms. The zero-order valence-corrected chi connectivity index (χ0v) is 17.9. The molecule has 0 saturated heterocycles. The number of hydrogen-bond donors (Lipinski definition) is 2. The van der Waals surface area contributed by atoms with E-state index >= 15 is 0 Å². The van der Waals surface area contributed by atoms with Crippen molar-refractivity contribution in [1.82, 2.24) is 10.1 Å². The molecule has 0 bridgehead atoms. The van der Waals surface area contributed by atoms with Crippen LogP contribution < -0.4 is 10.6 Å². The maximum atomic E-state index is 12.9. The van der Waals surface area contributed by atoms with Crippen molar-refractivity contribution in [2.24, 2.45) is 0 Å². The lowest BCUT2D eigenvalue weighted by Crippen LogP contribution is -2.35. The summed E-state index contributed by atoms with van der Waals surface area (Å²) in [4.78, 5) is 39.0. The van der Waals surface area contributed by atoms with Crippen molar-refractivity contribution in [3.8, 4) is 0 Å². The van der Waals surface area contributed by atoms with Gasteiger partial charge in [0.25, 0.3) is 11.8 Å². The van der Waals surface area contributed by atoms with Gasteiger partial charge in [-0.1, -0.05) is 29.4 Å². The number of aryl methyl sites for hydroxylation is 1. The summed E-state index contributed by atoms with van der Waals surface area (Å²) in [5.41, 5.74) is 1.06. The highest BCUT2D eigenvalue weighted by Crippen LogP contribution is 2.21. The zero-order valence-electron chi connectivity index (χ0n) is 16.3. The Hall–Kier alpha value is -3.46. The Balaban J connectivity index is 1.70. The first-order chi connectivity index (χ1) is 14.3. The average Bonchev–Trinajstić information content (AvgIpc) is 3.12. The van der Waals surface area contributed by atoms with Crippen molar-refractivity contribution < 1.29 is 18.9 Å². The molecule has 0 unspecified atom stereocenters. The number of anilines is 2. The Kier molecular flexibility index (Phi) is 6.63. The molecular weight excluding hydrogens is 452 g/mol. The van der Waals surface area contributed by atoms with Gasteiger partial charge in [0.05, 0.1) is 23.4 Å². The first-order valence-electron chi connectivity index (χ1n) is 8.98. The van der Waals surface area contributed by atoms with Crippen molar-refractivity contribution >= 4 is 45.2 Å². The quantitative estimate of drug-likeness (QED) is 0.571. The molecule has 1 aromatic heterocycles. The van der Waals surface area contributed by atoms with Gasteiger partial charge in [-0.15, -0.1) is 0 Å². The summed E-state index contributed by atoms with van der Waals surface area (Å²) in [5.74, 6) is -0.355. The number of halogens is 1. The molecule has 0 aliphatic carbocycles. The van der Waals surface area contributed by atoms with Crippen LogP contribution in [0.25, 0.3) is 0 Å². The first kappa shape index (κ1) is 21.3. The molecule has 9 heteroatoms. The summed E-state index contributed by atoms with van der Waals surface area (Å²) in [6.07, 6.45) is 0. The number of rotatable bonds is 6. The molecule has 0 aliphatic rings. The Morgan fingerprint density at radius 3 is 2.37 bits per heavy atom. The van der Waals surface area contributed by atoms with Crippen molar-refractivity contribution in [2.45, 2.75) is 6.92 Å². The predicted molar refractivity (Wildman–Crippen MR) is 115 cm³/mol. The van der Waals surface area contributed by atoms with Crippen molar-refractivity contribution in [3.63, 3.8) is 0 Å². The van der Waals surface area contributed by atoms with Gasteiger partial charge in [0.1, 0.15) is 5.76 Å². The summed E-state index contributed by atoms with van der Waals surface area (Å²) < 4.78 is 5.54. The van der Waals surface area contributed by atoms with Crippen LogP contribution in [-0.4, -0.2) is 41.4 Å². The third-order valence-corrected chi connectivity index (χ3v) is 4.84. The van der Waals surface area contributed by atoms with Gasteiger partial charge in [-0.25, -0.2) is 0 Å².